The maximum Gasteiger partial charge on any atom is 0.244 e. The Morgan fingerprint density at radius 1 is 1.26 bits per heavy atom. The Kier molecular flexibility index (Phi) is 5.99. The third kappa shape index (κ3) is 4.91. The monoisotopic (exact) mass is 426 g/mol. The van der Waals surface area contributed by atoms with E-state index in [4.69, 9.17) is 0 Å². The number of halogens is 1. The normalized spacial score (nSPS) is 15.2. The number of amides is 1. The standard InChI is InChI=1S/C21H27FN8O/c1-14-12-18(30(27-14)17-6-4-16(22)5-7-17)23-19(31)13-29-10-8-15(9-11-29)20-24-21(26-25-20)28(2)3/h4-7,12,15H,8-11,13H2,1-3H3,(H,23,31)(H,24,25,26). The number of carbonyl (C=O) groups excluding carboxylic acids is 1. The Labute approximate surface area is 180 Å². The SMILES string of the molecule is Cc1cc(NC(=O)CN2CCC(c3nc(N(C)C)n[nH]3)CC2)n(-c2ccc(F)cc2)n1. The van der Waals surface area contributed by atoms with E-state index >= 15 is 0 Å². The predicted molar refractivity (Wildman–Crippen MR) is 116 cm³/mol. The molecule has 1 aromatic carbocycles. The number of aryl methyl sites for hydroxylation is 1. The summed E-state index contributed by atoms with van der Waals surface area (Å²) in [5.74, 6) is 2.07. The number of nitrogens with one attached hydrogen (secondary N) is 2. The van der Waals surface area contributed by atoms with Crippen LogP contribution < -0.4 is 10.2 Å². The highest BCUT2D eigenvalue weighted by molar-refractivity contribution is 5.91. The summed E-state index contributed by atoms with van der Waals surface area (Å²) in [6, 6.07) is 7.82. The second-order valence-electron chi connectivity index (χ2n) is 8.07. The summed E-state index contributed by atoms with van der Waals surface area (Å²) in [5, 5.41) is 14.6. The molecule has 0 spiro atoms. The van der Waals surface area contributed by atoms with Crippen molar-refractivity contribution < 1.29 is 9.18 Å². The van der Waals surface area contributed by atoms with Crippen LogP contribution in [0.5, 0.6) is 0 Å². The fourth-order valence-corrected chi connectivity index (χ4v) is 3.77. The van der Waals surface area contributed by atoms with Gasteiger partial charge in [-0.05, 0) is 57.1 Å². The van der Waals surface area contributed by atoms with Crippen molar-refractivity contribution in [2.24, 2.45) is 0 Å². The van der Waals surface area contributed by atoms with E-state index in [1.165, 1.54) is 12.1 Å². The maximum absolute atomic E-state index is 13.2. The molecule has 0 unspecified atom stereocenters. The van der Waals surface area contributed by atoms with Crippen molar-refractivity contribution in [3.63, 3.8) is 0 Å². The number of piperidine rings is 1. The van der Waals surface area contributed by atoms with Gasteiger partial charge < -0.3 is 10.2 Å². The molecule has 1 amide bonds. The summed E-state index contributed by atoms with van der Waals surface area (Å²) in [5.41, 5.74) is 1.46. The average molecular weight is 427 g/mol. The van der Waals surface area contributed by atoms with Crippen molar-refractivity contribution in [1.29, 1.82) is 0 Å². The second kappa shape index (κ2) is 8.84. The lowest BCUT2D eigenvalue weighted by molar-refractivity contribution is -0.117. The van der Waals surface area contributed by atoms with Crippen molar-refractivity contribution >= 4 is 17.7 Å². The molecule has 0 radical (unpaired) electrons. The van der Waals surface area contributed by atoms with Gasteiger partial charge in [0, 0.05) is 26.1 Å². The Morgan fingerprint density at radius 2 is 1.97 bits per heavy atom. The second-order valence-corrected chi connectivity index (χ2v) is 8.07. The van der Waals surface area contributed by atoms with E-state index in [1.807, 2.05) is 25.9 Å². The van der Waals surface area contributed by atoms with Crippen LogP contribution in [-0.4, -0.2) is 69.5 Å². The van der Waals surface area contributed by atoms with E-state index in [0.717, 1.165) is 37.4 Å². The van der Waals surface area contributed by atoms with Crippen molar-refractivity contribution in [3.8, 4) is 5.69 Å². The number of rotatable bonds is 6. The number of nitrogens with zero attached hydrogens (tertiary/aromatic N) is 6. The number of aromatic nitrogens is 5. The highest BCUT2D eigenvalue weighted by Crippen LogP contribution is 2.26. The molecule has 10 heteroatoms. The summed E-state index contributed by atoms with van der Waals surface area (Å²) in [4.78, 5) is 21.2. The number of benzene rings is 1. The molecule has 3 heterocycles. The van der Waals surface area contributed by atoms with Crippen LogP contribution in [0, 0.1) is 12.7 Å². The van der Waals surface area contributed by atoms with Crippen molar-refractivity contribution in [3.05, 3.63) is 47.7 Å². The zero-order valence-electron chi connectivity index (χ0n) is 18.0. The van der Waals surface area contributed by atoms with Crippen molar-refractivity contribution in [2.45, 2.75) is 25.7 Å². The van der Waals surface area contributed by atoms with Crippen LogP contribution >= 0.6 is 0 Å². The summed E-state index contributed by atoms with van der Waals surface area (Å²) in [7, 11) is 3.83. The molecule has 4 rings (SSSR count). The van der Waals surface area contributed by atoms with E-state index in [-0.39, 0.29) is 11.7 Å². The van der Waals surface area contributed by atoms with E-state index in [2.05, 4.69) is 30.5 Å². The van der Waals surface area contributed by atoms with E-state index in [9.17, 15) is 9.18 Å². The van der Waals surface area contributed by atoms with Gasteiger partial charge in [-0.15, -0.1) is 5.10 Å². The molecular weight excluding hydrogens is 399 g/mol. The molecule has 1 aliphatic rings. The Balaban J connectivity index is 1.33. The maximum atomic E-state index is 13.2. The third-order valence-electron chi connectivity index (χ3n) is 5.40. The van der Waals surface area contributed by atoms with Crippen LogP contribution in [0.25, 0.3) is 5.69 Å². The first-order valence-electron chi connectivity index (χ1n) is 10.3. The molecule has 0 atom stereocenters. The molecule has 9 nitrogen and oxygen atoms in total. The van der Waals surface area contributed by atoms with E-state index in [0.29, 0.717) is 29.9 Å². The summed E-state index contributed by atoms with van der Waals surface area (Å²) in [6.45, 7) is 3.78. The molecule has 0 saturated carbocycles. The summed E-state index contributed by atoms with van der Waals surface area (Å²) >= 11 is 0. The predicted octanol–water partition coefficient (Wildman–Crippen LogP) is 2.32. The van der Waals surface area contributed by atoms with Crippen molar-refractivity contribution in [2.75, 3.05) is 43.9 Å². The number of hydrogen-bond donors (Lipinski definition) is 2. The first-order chi connectivity index (χ1) is 14.9. The minimum absolute atomic E-state index is 0.101. The largest absolute Gasteiger partial charge is 0.346 e. The molecule has 1 fully saturated rings. The molecule has 2 aromatic heterocycles. The van der Waals surface area contributed by atoms with Gasteiger partial charge in [0.2, 0.25) is 11.9 Å². The molecule has 0 bridgehead atoms. The number of likely N-dealkylation sites (tertiary alicyclic amines) is 1. The number of anilines is 2. The van der Waals surface area contributed by atoms with Crippen LogP contribution in [-0.2, 0) is 4.79 Å². The topological polar surface area (TPSA) is 95.0 Å². The smallest absolute Gasteiger partial charge is 0.244 e. The lowest BCUT2D eigenvalue weighted by atomic mass is 9.96. The van der Waals surface area contributed by atoms with Gasteiger partial charge in [-0.1, -0.05) is 0 Å². The van der Waals surface area contributed by atoms with Gasteiger partial charge in [0.15, 0.2) is 0 Å². The number of H-pyrrole nitrogens is 1. The molecule has 164 valence electrons. The number of hydrogen-bond acceptors (Lipinski definition) is 6. The molecule has 31 heavy (non-hydrogen) atoms. The van der Waals surface area contributed by atoms with Crippen LogP contribution in [0.2, 0.25) is 0 Å². The minimum Gasteiger partial charge on any atom is -0.346 e. The van der Waals surface area contributed by atoms with Crippen LogP contribution in [0.3, 0.4) is 0 Å². The first-order valence-corrected chi connectivity index (χ1v) is 10.3. The Morgan fingerprint density at radius 3 is 2.61 bits per heavy atom. The highest BCUT2D eigenvalue weighted by Gasteiger charge is 2.25. The number of aromatic amines is 1. The lowest BCUT2D eigenvalue weighted by Crippen LogP contribution is -2.39. The molecule has 3 aromatic rings. The quantitative estimate of drug-likeness (QED) is 0.628. The van der Waals surface area contributed by atoms with Crippen molar-refractivity contribution in [1.82, 2.24) is 29.9 Å². The average Bonchev–Trinajstić information content (AvgIpc) is 3.36. The van der Waals surface area contributed by atoms with E-state index in [1.54, 1.807) is 22.9 Å². The number of carbonyl (C=O) groups is 1. The molecule has 1 saturated heterocycles. The zero-order valence-corrected chi connectivity index (χ0v) is 18.0. The minimum atomic E-state index is -0.315. The van der Waals surface area contributed by atoms with Gasteiger partial charge in [0.05, 0.1) is 17.9 Å². The van der Waals surface area contributed by atoms with Gasteiger partial charge in [-0.25, -0.2) is 9.07 Å². The van der Waals surface area contributed by atoms with Gasteiger partial charge in [-0.2, -0.15) is 10.1 Å². The molecule has 0 aliphatic carbocycles. The Hall–Kier alpha value is -3.27. The van der Waals surface area contributed by atoms with E-state index < -0.39 is 0 Å². The zero-order chi connectivity index (χ0) is 22.0. The van der Waals surface area contributed by atoms with Crippen LogP contribution in [0.15, 0.2) is 30.3 Å². The summed E-state index contributed by atoms with van der Waals surface area (Å²) in [6.07, 6.45) is 1.84. The highest BCUT2D eigenvalue weighted by atomic mass is 19.1. The fraction of sp³-hybridized carbons (Fsp3) is 0.429. The first kappa shape index (κ1) is 21.0. The Bertz CT molecular complexity index is 1030. The van der Waals surface area contributed by atoms with Crippen LogP contribution in [0.4, 0.5) is 16.2 Å². The van der Waals surface area contributed by atoms with Gasteiger partial charge >= 0.3 is 0 Å². The van der Waals surface area contributed by atoms with Crippen LogP contribution in [0.1, 0.15) is 30.3 Å². The third-order valence-corrected chi connectivity index (χ3v) is 5.40. The molecule has 2 N–H and O–H groups in total. The van der Waals surface area contributed by atoms with Gasteiger partial charge in [-0.3, -0.25) is 14.8 Å². The lowest BCUT2D eigenvalue weighted by Gasteiger charge is -2.30. The summed E-state index contributed by atoms with van der Waals surface area (Å²) < 4.78 is 14.9. The molecular formula is C21H27FN8O. The fourth-order valence-electron chi connectivity index (χ4n) is 3.77. The van der Waals surface area contributed by atoms with Gasteiger partial charge in [0.1, 0.15) is 17.5 Å². The van der Waals surface area contributed by atoms with Gasteiger partial charge in [0.25, 0.3) is 0 Å². The molecule has 1 aliphatic heterocycles.